The number of hydrogen-bond acceptors (Lipinski definition) is 2. The van der Waals surface area contributed by atoms with Gasteiger partial charge in [-0.25, -0.2) is 0 Å². The number of alkyl halides is 3. The first-order valence-electron chi connectivity index (χ1n) is 3.55. The summed E-state index contributed by atoms with van der Waals surface area (Å²) in [5.74, 6) is 0. The van der Waals surface area contributed by atoms with Gasteiger partial charge in [-0.3, -0.25) is 10.1 Å². The van der Waals surface area contributed by atoms with Gasteiger partial charge in [-0.2, -0.15) is 18.3 Å². The summed E-state index contributed by atoms with van der Waals surface area (Å²) in [6.07, 6.45) is -3.41. The summed E-state index contributed by atoms with van der Waals surface area (Å²) in [6.45, 7) is 0. The summed E-state index contributed by atoms with van der Waals surface area (Å²) in [4.78, 5) is 3.24. The van der Waals surface area contributed by atoms with E-state index in [1.54, 1.807) is 0 Å². The third-order valence-corrected chi connectivity index (χ3v) is 1.97. The lowest BCUT2D eigenvalue weighted by atomic mass is 10.3. The van der Waals surface area contributed by atoms with Crippen LogP contribution in [-0.4, -0.2) is 15.2 Å². The van der Waals surface area contributed by atoms with E-state index in [4.69, 9.17) is 11.6 Å². The smallest absolute Gasteiger partial charge is 0.266 e. The molecule has 1 N–H and O–H groups in total. The normalized spacial score (nSPS) is 12.3. The first-order valence-corrected chi connectivity index (χ1v) is 3.93. The van der Waals surface area contributed by atoms with Crippen LogP contribution < -0.4 is 0 Å². The van der Waals surface area contributed by atoms with E-state index >= 15 is 0 Å². The van der Waals surface area contributed by atoms with Crippen LogP contribution in [0.4, 0.5) is 13.2 Å². The fourth-order valence-electron chi connectivity index (χ4n) is 1.03. The Morgan fingerprint density at radius 2 is 2.07 bits per heavy atom. The van der Waals surface area contributed by atoms with Gasteiger partial charge in [0, 0.05) is 6.20 Å². The second-order valence-electron chi connectivity index (χ2n) is 2.62. The average molecular weight is 222 g/mol. The van der Waals surface area contributed by atoms with Crippen molar-refractivity contribution in [3.8, 4) is 0 Å². The number of pyridine rings is 1. The number of rotatable bonds is 0. The molecule has 0 aliphatic heterocycles. The number of fused-ring (bicyclic) bond motifs is 1. The molecular weight excluding hydrogens is 219 g/mol. The van der Waals surface area contributed by atoms with Gasteiger partial charge in [-0.15, -0.1) is 0 Å². The molecule has 0 bridgehead atoms. The van der Waals surface area contributed by atoms with E-state index in [0.717, 1.165) is 12.3 Å². The van der Waals surface area contributed by atoms with Crippen LogP contribution in [0, 0.1) is 0 Å². The van der Waals surface area contributed by atoms with Gasteiger partial charge in [-0.05, 0) is 6.07 Å². The van der Waals surface area contributed by atoms with E-state index in [2.05, 4.69) is 15.2 Å². The topological polar surface area (TPSA) is 41.6 Å². The SMILES string of the molecule is FC(F)(F)c1cc2n[nH]c(Cl)c2cn1. The minimum Gasteiger partial charge on any atom is -0.266 e. The molecule has 7 heteroatoms. The molecule has 0 aliphatic carbocycles. The highest BCUT2D eigenvalue weighted by molar-refractivity contribution is 6.34. The molecule has 0 saturated heterocycles. The van der Waals surface area contributed by atoms with Crippen LogP contribution in [0.2, 0.25) is 5.15 Å². The number of nitrogens with zero attached hydrogens (tertiary/aromatic N) is 2. The Hall–Kier alpha value is -1.30. The van der Waals surface area contributed by atoms with Gasteiger partial charge in [0.05, 0.1) is 10.9 Å². The van der Waals surface area contributed by atoms with Gasteiger partial charge in [0.15, 0.2) is 0 Å². The van der Waals surface area contributed by atoms with Crippen LogP contribution in [0.25, 0.3) is 10.9 Å². The highest BCUT2D eigenvalue weighted by Crippen LogP contribution is 2.30. The number of H-pyrrole nitrogens is 1. The van der Waals surface area contributed by atoms with Crippen LogP contribution in [-0.2, 0) is 6.18 Å². The van der Waals surface area contributed by atoms with E-state index < -0.39 is 11.9 Å². The zero-order chi connectivity index (χ0) is 10.3. The monoisotopic (exact) mass is 221 g/mol. The lowest BCUT2D eigenvalue weighted by Gasteiger charge is -2.03. The highest BCUT2D eigenvalue weighted by atomic mass is 35.5. The number of aromatic amines is 1. The van der Waals surface area contributed by atoms with Crippen molar-refractivity contribution < 1.29 is 13.2 Å². The van der Waals surface area contributed by atoms with Gasteiger partial charge in [0.2, 0.25) is 0 Å². The molecule has 0 radical (unpaired) electrons. The summed E-state index contributed by atoms with van der Waals surface area (Å²) in [5.41, 5.74) is -0.828. The Bertz CT molecular complexity index is 476. The Balaban J connectivity index is 2.63. The Morgan fingerprint density at radius 1 is 1.36 bits per heavy atom. The fraction of sp³-hybridized carbons (Fsp3) is 0.143. The molecule has 14 heavy (non-hydrogen) atoms. The van der Waals surface area contributed by atoms with Crippen LogP contribution in [0.3, 0.4) is 0 Å². The molecule has 0 fully saturated rings. The van der Waals surface area contributed by atoms with Crippen molar-refractivity contribution in [3.05, 3.63) is 23.1 Å². The molecule has 0 saturated carbocycles. The number of hydrogen-bond donors (Lipinski definition) is 1. The summed E-state index contributed by atoms with van der Waals surface area (Å²) in [7, 11) is 0. The first-order chi connectivity index (χ1) is 6.48. The van der Waals surface area contributed by atoms with Gasteiger partial charge in [-0.1, -0.05) is 11.6 Å². The number of nitrogens with one attached hydrogen (secondary N) is 1. The van der Waals surface area contributed by atoms with E-state index in [9.17, 15) is 13.2 Å². The molecule has 2 rings (SSSR count). The Kier molecular flexibility index (Phi) is 1.88. The molecule has 2 aromatic rings. The fourth-order valence-corrected chi connectivity index (χ4v) is 1.22. The zero-order valence-corrected chi connectivity index (χ0v) is 7.32. The summed E-state index contributed by atoms with van der Waals surface area (Å²) in [6, 6.07) is 0.845. The van der Waals surface area contributed by atoms with Crippen LogP contribution >= 0.6 is 11.6 Å². The third-order valence-electron chi connectivity index (χ3n) is 1.68. The molecule has 2 heterocycles. The third kappa shape index (κ3) is 1.41. The lowest BCUT2D eigenvalue weighted by molar-refractivity contribution is -0.141. The maximum atomic E-state index is 12.2. The minimum atomic E-state index is -4.46. The van der Waals surface area contributed by atoms with Gasteiger partial charge in [0.25, 0.3) is 0 Å². The van der Waals surface area contributed by atoms with Crippen molar-refractivity contribution in [2.75, 3.05) is 0 Å². The minimum absolute atomic E-state index is 0.150. The van der Waals surface area contributed by atoms with Crippen LogP contribution in [0.15, 0.2) is 12.3 Å². The van der Waals surface area contributed by atoms with Crippen molar-refractivity contribution in [3.63, 3.8) is 0 Å². The second-order valence-corrected chi connectivity index (χ2v) is 3.00. The molecule has 0 aromatic carbocycles. The Labute approximate surface area is 80.9 Å². The molecule has 74 valence electrons. The van der Waals surface area contributed by atoms with Crippen molar-refractivity contribution in [2.45, 2.75) is 6.18 Å². The first kappa shape index (κ1) is 9.26. The maximum absolute atomic E-state index is 12.2. The van der Waals surface area contributed by atoms with Gasteiger partial charge < -0.3 is 0 Å². The standard InChI is InChI=1S/C7H3ClF3N3/c8-6-3-2-12-5(7(9,10)11)1-4(3)13-14-6/h1-2H,(H,13,14). The maximum Gasteiger partial charge on any atom is 0.433 e. The molecule has 0 amide bonds. The number of aromatic nitrogens is 3. The summed E-state index contributed by atoms with van der Waals surface area (Å²) < 4.78 is 36.6. The summed E-state index contributed by atoms with van der Waals surface area (Å²) in [5, 5.41) is 6.52. The van der Waals surface area contributed by atoms with E-state index in [1.165, 1.54) is 0 Å². The van der Waals surface area contributed by atoms with E-state index in [1.807, 2.05) is 0 Å². The van der Waals surface area contributed by atoms with Crippen LogP contribution in [0.5, 0.6) is 0 Å². The highest BCUT2D eigenvalue weighted by Gasteiger charge is 2.32. The van der Waals surface area contributed by atoms with Crippen molar-refractivity contribution >= 4 is 22.5 Å². The molecule has 0 spiro atoms. The number of halogens is 4. The van der Waals surface area contributed by atoms with E-state index in [0.29, 0.717) is 5.39 Å². The molecule has 0 atom stereocenters. The Morgan fingerprint density at radius 3 is 2.71 bits per heavy atom. The molecule has 3 nitrogen and oxygen atoms in total. The van der Waals surface area contributed by atoms with Gasteiger partial charge >= 0.3 is 6.18 Å². The predicted octanol–water partition coefficient (Wildman–Crippen LogP) is 2.63. The van der Waals surface area contributed by atoms with Crippen molar-refractivity contribution in [2.24, 2.45) is 0 Å². The van der Waals surface area contributed by atoms with Crippen molar-refractivity contribution in [1.82, 2.24) is 15.2 Å². The zero-order valence-electron chi connectivity index (χ0n) is 6.56. The lowest BCUT2D eigenvalue weighted by Crippen LogP contribution is -2.07. The molecular formula is C7H3ClF3N3. The average Bonchev–Trinajstić information content (AvgIpc) is 2.46. The van der Waals surface area contributed by atoms with Crippen molar-refractivity contribution in [1.29, 1.82) is 0 Å². The van der Waals surface area contributed by atoms with E-state index in [-0.39, 0.29) is 10.7 Å². The van der Waals surface area contributed by atoms with Crippen LogP contribution in [0.1, 0.15) is 5.69 Å². The molecule has 2 aromatic heterocycles. The largest absolute Gasteiger partial charge is 0.433 e. The molecule has 0 aliphatic rings. The predicted molar refractivity (Wildman–Crippen MR) is 43.9 cm³/mol. The van der Waals surface area contributed by atoms with Gasteiger partial charge in [0.1, 0.15) is 10.8 Å². The quantitative estimate of drug-likeness (QED) is 0.743. The second kappa shape index (κ2) is 2.84. The summed E-state index contributed by atoms with van der Waals surface area (Å²) >= 11 is 5.60. The molecule has 0 unspecified atom stereocenters.